The third-order valence-electron chi connectivity index (χ3n) is 2.72. The Morgan fingerprint density at radius 2 is 1.89 bits per heavy atom. The molecule has 106 valence electrons. The number of likely N-dealkylation sites (N-methyl/N-ethyl adjacent to an activating group) is 1. The summed E-state index contributed by atoms with van der Waals surface area (Å²) >= 11 is 5.94. The quantitative estimate of drug-likeness (QED) is 0.795. The summed E-state index contributed by atoms with van der Waals surface area (Å²) in [6, 6.07) is 3.09. The first kappa shape index (κ1) is 15.9. The third kappa shape index (κ3) is 3.46. The highest BCUT2D eigenvalue weighted by atomic mass is 35.5. The molecule has 1 aromatic carbocycles. The Hall–Kier alpha value is -1.11. The van der Waals surface area contributed by atoms with E-state index in [1.54, 1.807) is 19.9 Å². The number of ether oxygens (including phenoxy) is 1. The van der Waals surface area contributed by atoms with Gasteiger partial charge in [0.05, 0.1) is 12.0 Å². The van der Waals surface area contributed by atoms with Gasteiger partial charge in [-0.2, -0.15) is 4.31 Å². The molecular formula is C12H16ClNO4S. The summed E-state index contributed by atoms with van der Waals surface area (Å²) in [5, 5.41) is 0.507. The number of benzene rings is 1. The second-order valence-corrected chi connectivity index (χ2v) is 6.62. The molecule has 0 fully saturated rings. The second kappa shape index (κ2) is 5.90. The molecule has 0 bridgehead atoms. The van der Waals surface area contributed by atoms with Gasteiger partial charge >= 0.3 is 5.97 Å². The normalized spacial score (nSPS) is 11.7. The minimum absolute atomic E-state index is 0.140. The van der Waals surface area contributed by atoms with Crippen LogP contribution >= 0.6 is 11.6 Å². The van der Waals surface area contributed by atoms with Gasteiger partial charge in [-0.05, 0) is 37.1 Å². The maximum Gasteiger partial charge on any atom is 0.321 e. The zero-order valence-electron chi connectivity index (χ0n) is 11.2. The van der Waals surface area contributed by atoms with Crippen molar-refractivity contribution in [3.05, 3.63) is 28.3 Å². The van der Waals surface area contributed by atoms with Crippen molar-refractivity contribution < 1.29 is 17.9 Å². The number of esters is 1. The van der Waals surface area contributed by atoms with Crippen LogP contribution in [-0.2, 0) is 19.6 Å². The van der Waals surface area contributed by atoms with E-state index in [2.05, 4.69) is 4.74 Å². The molecule has 19 heavy (non-hydrogen) atoms. The Balaban J connectivity index is 3.20. The highest BCUT2D eigenvalue weighted by molar-refractivity contribution is 7.89. The van der Waals surface area contributed by atoms with Crippen LogP contribution in [0.1, 0.15) is 11.1 Å². The molecule has 1 rings (SSSR count). The summed E-state index contributed by atoms with van der Waals surface area (Å²) < 4.78 is 30.1. The summed E-state index contributed by atoms with van der Waals surface area (Å²) in [6.07, 6.45) is 0. The molecule has 0 saturated carbocycles. The van der Waals surface area contributed by atoms with Gasteiger partial charge in [0.2, 0.25) is 10.0 Å². The van der Waals surface area contributed by atoms with Gasteiger partial charge in [-0.15, -0.1) is 0 Å². The molecule has 5 nitrogen and oxygen atoms in total. The Bertz CT molecular complexity index is 598. The van der Waals surface area contributed by atoms with Crippen molar-refractivity contribution in [1.29, 1.82) is 0 Å². The molecule has 0 saturated heterocycles. The van der Waals surface area contributed by atoms with Crippen molar-refractivity contribution in [3.8, 4) is 0 Å². The van der Waals surface area contributed by atoms with Gasteiger partial charge in [-0.3, -0.25) is 4.79 Å². The van der Waals surface area contributed by atoms with Crippen LogP contribution in [0, 0.1) is 13.8 Å². The molecule has 0 aliphatic rings. The SMILES string of the molecule is COC(=O)CN(C)S(=O)(=O)c1cc(C)c(Cl)cc1C. The number of sulfonamides is 1. The maximum absolute atomic E-state index is 12.3. The van der Waals surface area contributed by atoms with Crippen LogP contribution in [0.3, 0.4) is 0 Å². The molecule has 0 aliphatic carbocycles. The van der Waals surface area contributed by atoms with Gasteiger partial charge < -0.3 is 4.74 Å². The summed E-state index contributed by atoms with van der Waals surface area (Å²) in [5.41, 5.74) is 1.20. The number of carbonyl (C=O) groups excluding carboxylic acids is 1. The summed E-state index contributed by atoms with van der Waals surface area (Å²) in [5.74, 6) is -0.616. The fourth-order valence-corrected chi connectivity index (χ4v) is 3.15. The Labute approximate surface area is 118 Å². The van der Waals surface area contributed by atoms with E-state index in [4.69, 9.17) is 11.6 Å². The van der Waals surface area contributed by atoms with Crippen molar-refractivity contribution >= 4 is 27.6 Å². The number of nitrogens with zero attached hydrogens (tertiary/aromatic N) is 1. The van der Waals surface area contributed by atoms with Gasteiger partial charge in [-0.25, -0.2) is 8.42 Å². The van der Waals surface area contributed by atoms with Crippen LogP contribution in [0.5, 0.6) is 0 Å². The number of methoxy groups -OCH3 is 1. The highest BCUT2D eigenvalue weighted by Gasteiger charge is 2.25. The first-order valence-electron chi connectivity index (χ1n) is 5.50. The van der Waals surface area contributed by atoms with E-state index >= 15 is 0 Å². The van der Waals surface area contributed by atoms with Crippen molar-refractivity contribution in [3.63, 3.8) is 0 Å². The minimum atomic E-state index is -3.74. The minimum Gasteiger partial charge on any atom is -0.468 e. The van der Waals surface area contributed by atoms with E-state index in [0.29, 0.717) is 16.1 Å². The lowest BCUT2D eigenvalue weighted by Gasteiger charge is -2.18. The van der Waals surface area contributed by atoms with Crippen molar-refractivity contribution in [2.45, 2.75) is 18.7 Å². The summed E-state index contributed by atoms with van der Waals surface area (Å²) in [4.78, 5) is 11.3. The van der Waals surface area contributed by atoms with Crippen molar-refractivity contribution in [1.82, 2.24) is 4.31 Å². The van der Waals surface area contributed by atoms with E-state index in [1.807, 2.05) is 0 Å². The van der Waals surface area contributed by atoms with Gasteiger partial charge in [0.25, 0.3) is 0 Å². The van der Waals surface area contributed by atoms with E-state index in [9.17, 15) is 13.2 Å². The molecule has 0 N–H and O–H groups in total. The Morgan fingerprint density at radius 3 is 2.42 bits per heavy atom. The number of hydrogen-bond acceptors (Lipinski definition) is 4. The molecule has 0 unspecified atom stereocenters. The Kier molecular flexibility index (Phi) is 4.95. The Morgan fingerprint density at radius 1 is 1.32 bits per heavy atom. The van der Waals surface area contributed by atoms with Gasteiger partial charge in [0.15, 0.2) is 0 Å². The predicted octanol–water partition coefficient (Wildman–Crippen LogP) is 1.75. The van der Waals surface area contributed by atoms with E-state index in [-0.39, 0.29) is 11.4 Å². The summed E-state index contributed by atoms with van der Waals surface area (Å²) in [7, 11) is -1.20. The zero-order valence-corrected chi connectivity index (χ0v) is 12.8. The molecule has 0 aromatic heterocycles. The molecule has 0 amide bonds. The molecule has 0 heterocycles. The van der Waals surface area contributed by atoms with E-state index in [0.717, 1.165) is 4.31 Å². The second-order valence-electron chi connectivity index (χ2n) is 4.20. The fraction of sp³-hybridized carbons (Fsp3) is 0.417. The van der Waals surface area contributed by atoms with Crippen molar-refractivity contribution in [2.75, 3.05) is 20.7 Å². The largest absolute Gasteiger partial charge is 0.468 e. The average molecular weight is 306 g/mol. The third-order valence-corrected chi connectivity index (χ3v) is 5.08. The number of halogens is 1. The molecule has 0 radical (unpaired) electrons. The van der Waals surface area contributed by atoms with Gasteiger partial charge in [0.1, 0.15) is 6.54 Å². The standard InChI is InChI=1S/C12H16ClNO4S/c1-8-6-11(9(2)5-10(8)13)19(16,17)14(3)7-12(15)18-4/h5-6H,7H2,1-4H3. The smallest absolute Gasteiger partial charge is 0.321 e. The number of aryl methyl sites for hydroxylation is 2. The fourth-order valence-electron chi connectivity index (χ4n) is 1.53. The van der Waals surface area contributed by atoms with Crippen LogP contribution in [0.2, 0.25) is 5.02 Å². The van der Waals surface area contributed by atoms with Gasteiger partial charge in [-0.1, -0.05) is 11.6 Å². The van der Waals surface area contributed by atoms with Gasteiger partial charge in [0, 0.05) is 12.1 Å². The first-order chi connectivity index (χ1) is 8.70. The summed E-state index contributed by atoms with van der Waals surface area (Å²) in [6.45, 7) is 3.05. The van der Waals surface area contributed by atoms with E-state index < -0.39 is 16.0 Å². The number of carbonyl (C=O) groups is 1. The maximum atomic E-state index is 12.3. The zero-order chi connectivity index (χ0) is 14.8. The molecule has 1 aromatic rings. The number of rotatable bonds is 4. The molecule has 0 spiro atoms. The lowest BCUT2D eigenvalue weighted by molar-refractivity contribution is -0.140. The monoisotopic (exact) mass is 305 g/mol. The number of hydrogen-bond donors (Lipinski definition) is 0. The molecular weight excluding hydrogens is 290 g/mol. The van der Waals surface area contributed by atoms with Crippen LogP contribution in [0.4, 0.5) is 0 Å². The van der Waals surface area contributed by atoms with E-state index in [1.165, 1.54) is 20.2 Å². The predicted molar refractivity (Wildman–Crippen MR) is 72.8 cm³/mol. The topological polar surface area (TPSA) is 63.7 Å². The van der Waals surface area contributed by atoms with Crippen LogP contribution in [-0.4, -0.2) is 39.4 Å². The molecule has 0 aliphatic heterocycles. The lowest BCUT2D eigenvalue weighted by Crippen LogP contribution is -2.33. The van der Waals surface area contributed by atoms with Crippen LogP contribution < -0.4 is 0 Å². The highest BCUT2D eigenvalue weighted by Crippen LogP contribution is 2.25. The average Bonchev–Trinajstić information content (AvgIpc) is 2.33. The van der Waals surface area contributed by atoms with Crippen LogP contribution in [0.25, 0.3) is 0 Å². The van der Waals surface area contributed by atoms with Crippen LogP contribution in [0.15, 0.2) is 17.0 Å². The molecule has 0 atom stereocenters. The first-order valence-corrected chi connectivity index (χ1v) is 7.32. The lowest BCUT2D eigenvalue weighted by atomic mass is 10.2. The molecule has 7 heteroatoms. The van der Waals surface area contributed by atoms with Crippen molar-refractivity contribution in [2.24, 2.45) is 0 Å².